The summed E-state index contributed by atoms with van der Waals surface area (Å²) in [5, 5.41) is 11.2. The molecule has 2 aromatic heterocycles. The minimum absolute atomic E-state index is 0.0776. The molecule has 0 spiro atoms. The van der Waals surface area contributed by atoms with Crippen molar-refractivity contribution in [2.24, 2.45) is 0 Å². The summed E-state index contributed by atoms with van der Waals surface area (Å²) in [6.07, 6.45) is 0. The highest BCUT2D eigenvalue weighted by Crippen LogP contribution is 2.26. The van der Waals surface area contributed by atoms with Gasteiger partial charge in [0.25, 0.3) is 5.56 Å². The van der Waals surface area contributed by atoms with E-state index in [0.29, 0.717) is 10.9 Å². The van der Waals surface area contributed by atoms with Crippen molar-refractivity contribution in [2.75, 3.05) is 5.73 Å². The number of hydrogen-bond acceptors (Lipinski definition) is 6. The molecule has 0 amide bonds. The third kappa shape index (κ3) is 3.17. The highest BCUT2D eigenvalue weighted by Gasteiger charge is 2.07. The van der Waals surface area contributed by atoms with Crippen LogP contribution in [0.25, 0.3) is 5.69 Å². The minimum atomic E-state index is -0.0776. The molecule has 21 heavy (non-hydrogen) atoms. The van der Waals surface area contributed by atoms with E-state index in [1.807, 2.05) is 31.2 Å². The van der Waals surface area contributed by atoms with Gasteiger partial charge in [0.05, 0.1) is 5.69 Å². The zero-order chi connectivity index (χ0) is 14.8. The molecule has 3 aromatic rings. The van der Waals surface area contributed by atoms with Crippen molar-refractivity contribution in [3.05, 3.63) is 51.9 Å². The van der Waals surface area contributed by atoms with Gasteiger partial charge in [0.1, 0.15) is 0 Å². The molecule has 3 N–H and O–H groups in total. The van der Waals surface area contributed by atoms with E-state index in [0.717, 1.165) is 21.3 Å². The van der Waals surface area contributed by atoms with Gasteiger partial charge in [0.15, 0.2) is 4.34 Å². The van der Waals surface area contributed by atoms with Crippen molar-refractivity contribution in [1.82, 2.24) is 20.0 Å². The number of aromatic nitrogens is 4. The molecule has 0 aliphatic rings. The quantitative estimate of drug-likeness (QED) is 0.720. The van der Waals surface area contributed by atoms with Crippen LogP contribution in [-0.2, 0) is 5.75 Å². The molecule has 0 saturated carbocycles. The van der Waals surface area contributed by atoms with Crippen molar-refractivity contribution in [3.63, 3.8) is 0 Å². The number of hydrogen-bond donors (Lipinski definition) is 2. The van der Waals surface area contributed by atoms with Gasteiger partial charge in [-0.15, -0.1) is 10.2 Å². The molecule has 6 nitrogen and oxygen atoms in total. The highest BCUT2D eigenvalue weighted by molar-refractivity contribution is 8.00. The fourth-order valence-electron chi connectivity index (χ4n) is 1.82. The Morgan fingerprint density at radius 1 is 1.33 bits per heavy atom. The van der Waals surface area contributed by atoms with E-state index >= 15 is 0 Å². The standard InChI is InChI=1S/C13H13N5OS2/c1-8-2-4-10(5-3-8)18-11(19)6-9(17-18)7-20-13-16-15-12(14)21-13/h2-6,17H,7H2,1H3,(H2,14,15). The average Bonchev–Trinajstić information content (AvgIpc) is 3.04. The zero-order valence-corrected chi connectivity index (χ0v) is 12.9. The minimum Gasteiger partial charge on any atom is -0.374 e. The molecule has 0 bridgehead atoms. The molecule has 0 atom stereocenters. The second-order valence-electron chi connectivity index (χ2n) is 4.49. The van der Waals surface area contributed by atoms with Gasteiger partial charge in [-0.2, -0.15) is 0 Å². The van der Waals surface area contributed by atoms with Crippen LogP contribution in [0.2, 0.25) is 0 Å². The zero-order valence-electron chi connectivity index (χ0n) is 11.2. The molecule has 0 fully saturated rings. The lowest BCUT2D eigenvalue weighted by molar-refractivity contribution is 0.832. The summed E-state index contributed by atoms with van der Waals surface area (Å²) in [6, 6.07) is 9.37. The van der Waals surface area contributed by atoms with E-state index in [2.05, 4.69) is 15.3 Å². The third-order valence-electron chi connectivity index (χ3n) is 2.84. The molecule has 0 aliphatic carbocycles. The number of anilines is 1. The fraction of sp³-hybridized carbons (Fsp3) is 0.154. The molecule has 0 aliphatic heterocycles. The first-order valence-electron chi connectivity index (χ1n) is 6.21. The van der Waals surface area contributed by atoms with E-state index in [-0.39, 0.29) is 5.56 Å². The summed E-state index contributed by atoms with van der Waals surface area (Å²) in [4.78, 5) is 12.0. The van der Waals surface area contributed by atoms with E-state index in [1.54, 1.807) is 6.07 Å². The number of nitrogens with two attached hydrogens (primary N) is 1. The largest absolute Gasteiger partial charge is 0.374 e. The third-order valence-corrected chi connectivity index (χ3v) is 4.77. The summed E-state index contributed by atoms with van der Waals surface area (Å²) in [6.45, 7) is 2.01. The monoisotopic (exact) mass is 319 g/mol. The highest BCUT2D eigenvalue weighted by atomic mass is 32.2. The number of nitrogens with zero attached hydrogens (tertiary/aromatic N) is 3. The lowest BCUT2D eigenvalue weighted by Gasteiger charge is -2.02. The van der Waals surface area contributed by atoms with E-state index in [9.17, 15) is 4.79 Å². The van der Waals surface area contributed by atoms with Crippen LogP contribution in [0.5, 0.6) is 0 Å². The van der Waals surface area contributed by atoms with Gasteiger partial charge < -0.3 is 5.73 Å². The number of benzene rings is 1. The van der Waals surface area contributed by atoms with Crippen LogP contribution in [0.15, 0.2) is 39.5 Å². The number of aromatic amines is 1. The smallest absolute Gasteiger partial charge is 0.271 e. The van der Waals surface area contributed by atoms with Crippen molar-refractivity contribution in [2.45, 2.75) is 17.0 Å². The molecule has 3 rings (SSSR count). The first-order chi connectivity index (χ1) is 10.1. The molecule has 0 saturated heterocycles. The van der Waals surface area contributed by atoms with Crippen LogP contribution in [0.3, 0.4) is 0 Å². The second kappa shape index (κ2) is 5.74. The van der Waals surface area contributed by atoms with Gasteiger partial charge in [0, 0.05) is 17.5 Å². The Morgan fingerprint density at radius 3 is 2.76 bits per heavy atom. The SMILES string of the molecule is Cc1ccc(-n2[nH]c(CSc3nnc(N)s3)cc2=O)cc1. The van der Waals surface area contributed by atoms with Crippen LogP contribution in [0, 0.1) is 6.92 Å². The Kier molecular flexibility index (Phi) is 3.80. The fourth-order valence-corrected chi connectivity index (χ4v) is 3.36. The maximum Gasteiger partial charge on any atom is 0.271 e. The Balaban J connectivity index is 1.78. The summed E-state index contributed by atoms with van der Waals surface area (Å²) in [7, 11) is 0. The predicted molar refractivity (Wildman–Crippen MR) is 85.0 cm³/mol. The predicted octanol–water partition coefficient (Wildman–Crippen LogP) is 2.20. The van der Waals surface area contributed by atoms with Crippen molar-refractivity contribution < 1.29 is 0 Å². The lowest BCUT2D eigenvalue weighted by atomic mass is 10.2. The van der Waals surface area contributed by atoms with Gasteiger partial charge in [-0.05, 0) is 19.1 Å². The first-order valence-corrected chi connectivity index (χ1v) is 8.02. The number of rotatable bonds is 4. The maximum atomic E-state index is 12.0. The van der Waals surface area contributed by atoms with Crippen LogP contribution < -0.4 is 11.3 Å². The molecular weight excluding hydrogens is 306 g/mol. The van der Waals surface area contributed by atoms with Crippen molar-refractivity contribution >= 4 is 28.2 Å². The topological polar surface area (TPSA) is 89.6 Å². The summed E-state index contributed by atoms with van der Waals surface area (Å²) < 4.78 is 2.32. The molecule has 108 valence electrons. The second-order valence-corrected chi connectivity index (χ2v) is 6.72. The van der Waals surface area contributed by atoms with Crippen LogP contribution in [-0.4, -0.2) is 20.0 Å². The number of thioether (sulfide) groups is 1. The summed E-state index contributed by atoms with van der Waals surface area (Å²) >= 11 is 2.83. The van der Waals surface area contributed by atoms with Crippen LogP contribution >= 0.6 is 23.1 Å². The summed E-state index contributed by atoms with van der Waals surface area (Å²) in [5.41, 5.74) is 8.27. The molecule has 0 unspecified atom stereocenters. The van der Waals surface area contributed by atoms with E-state index in [1.165, 1.54) is 27.8 Å². The Hall–Kier alpha value is -2.06. The first kappa shape index (κ1) is 13.9. The number of H-pyrrole nitrogens is 1. The van der Waals surface area contributed by atoms with Gasteiger partial charge in [-0.3, -0.25) is 9.89 Å². The van der Waals surface area contributed by atoms with Gasteiger partial charge >= 0.3 is 0 Å². The Morgan fingerprint density at radius 2 is 2.10 bits per heavy atom. The van der Waals surface area contributed by atoms with E-state index < -0.39 is 0 Å². The number of nitrogen functional groups attached to an aromatic ring is 1. The molecular formula is C13H13N5OS2. The van der Waals surface area contributed by atoms with Gasteiger partial charge in [0.2, 0.25) is 5.13 Å². The Labute approximate surface area is 129 Å². The molecule has 8 heteroatoms. The van der Waals surface area contributed by atoms with E-state index in [4.69, 9.17) is 5.73 Å². The Bertz CT molecular complexity index is 803. The van der Waals surface area contributed by atoms with Crippen molar-refractivity contribution in [1.29, 1.82) is 0 Å². The van der Waals surface area contributed by atoms with Crippen LogP contribution in [0.1, 0.15) is 11.3 Å². The lowest BCUT2D eigenvalue weighted by Crippen LogP contribution is -2.13. The number of nitrogens with one attached hydrogen (secondary N) is 1. The normalized spacial score (nSPS) is 10.9. The van der Waals surface area contributed by atoms with Crippen LogP contribution in [0.4, 0.5) is 5.13 Å². The number of aryl methyl sites for hydroxylation is 1. The average molecular weight is 319 g/mol. The van der Waals surface area contributed by atoms with Crippen molar-refractivity contribution in [3.8, 4) is 5.69 Å². The molecule has 2 heterocycles. The summed E-state index contributed by atoms with van der Waals surface area (Å²) in [5.74, 6) is 0.614. The van der Waals surface area contributed by atoms with Gasteiger partial charge in [-0.1, -0.05) is 40.8 Å². The maximum absolute atomic E-state index is 12.0. The van der Waals surface area contributed by atoms with Gasteiger partial charge in [-0.25, -0.2) is 4.68 Å². The molecule has 1 aromatic carbocycles. The molecule has 0 radical (unpaired) electrons.